The second-order valence-electron chi connectivity index (χ2n) is 5.02. The first-order valence-electron chi connectivity index (χ1n) is 7.57. The van der Waals surface area contributed by atoms with Crippen molar-refractivity contribution in [3.63, 3.8) is 0 Å². The van der Waals surface area contributed by atoms with Crippen molar-refractivity contribution in [1.29, 1.82) is 0 Å². The van der Waals surface area contributed by atoms with Crippen LogP contribution in [-0.4, -0.2) is 36.3 Å². The van der Waals surface area contributed by atoms with E-state index in [1.54, 1.807) is 33.7 Å². The van der Waals surface area contributed by atoms with Crippen LogP contribution in [0.1, 0.15) is 11.1 Å². The Bertz CT molecular complexity index is 782. The van der Waals surface area contributed by atoms with Crippen LogP contribution in [0.2, 0.25) is 0 Å². The first kappa shape index (κ1) is 18.8. The number of rotatable bonds is 5. The van der Waals surface area contributed by atoms with E-state index in [1.165, 1.54) is 12.7 Å². The van der Waals surface area contributed by atoms with Crippen molar-refractivity contribution in [3.05, 3.63) is 48.3 Å². The summed E-state index contributed by atoms with van der Waals surface area (Å²) in [5.74, 6) is 2.23. The molecule has 1 aromatic carbocycles. The van der Waals surface area contributed by atoms with E-state index in [4.69, 9.17) is 25.7 Å². The van der Waals surface area contributed by atoms with Crippen molar-refractivity contribution in [2.75, 3.05) is 32.8 Å². The lowest BCUT2D eigenvalue weighted by Gasteiger charge is -2.14. The molecule has 0 saturated heterocycles. The maximum atomic E-state index is 5.85. The van der Waals surface area contributed by atoms with Gasteiger partial charge in [0, 0.05) is 18.2 Å². The first-order valence-corrected chi connectivity index (χ1v) is 7.57. The van der Waals surface area contributed by atoms with E-state index in [2.05, 4.69) is 19.4 Å². The highest BCUT2D eigenvalue weighted by Crippen LogP contribution is 2.38. The molecule has 0 aliphatic carbocycles. The van der Waals surface area contributed by atoms with Gasteiger partial charge >= 0.3 is 0 Å². The summed E-state index contributed by atoms with van der Waals surface area (Å²) in [6.45, 7) is 0. The van der Waals surface area contributed by atoms with E-state index in [9.17, 15) is 0 Å². The summed E-state index contributed by atoms with van der Waals surface area (Å²) in [7, 11) is 4.70. The van der Waals surface area contributed by atoms with Crippen LogP contribution in [0.4, 0.5) is 11.8 Å². The number of anilines is 2. The van der Waals surface area contributed by atoms with Gasteiger partial charge in [0.1, 0.15) is 12.1 Å². The highest BCUT2D eigenvalue weighted by molar-refractivity contribution is 5.55. The molecule has 2 aromatic heterocycles. The third-order valence-corrected chi connectivity index (χ3v) is 3.38. The third kappa shape index (κ3) is 4.76. The van der Waals surface area contributed by atoms with E-state index in [1.807, 2.05) is 12.1 Å². The zero-order chi connectivity index (χ0) is 18.9. The molecule has 0 fully saturated rings. The van der Waals surface area contributed by atoms with Crippen molar-refractivity contribution in [3.8, 4) is 17.2 Å². The van der Waals surface area contributed by atoms with Crippen LogP contribution in [0.5, 0.6) is 17.2 Å². The van der Waals surface area contributed by atoms with Crippen LogP contribution in [0.15, 0.2) is 41.6 Å². The van der Waals surface area contributed by atoms with E-state index < -0.39 is 0 Å². The second kappa shape index (κ2) is 9.11. The van der Waals surface area contributed by atoms with Crippen molar-refractivity contribution in [2.24, 2.45) is 0 Å². The number of ether oxygens (including phenoxy) is 3. The van der Waals surface area contributed by atoms with Crippen LogP contribution in [0.25, 0.3) is 0 Å². The summed E-state index contributed by atoms with van der Waals surface area (Å²) in [5, 5.41) is 0. The van der Waals surface area contributed by atoms with Crippen molar-refractivity contribution in [2.45, 2.75) is 6.42 Å². The first-order chi connectivity index (χ1) is 12.6. The van der Waals surface area contributed by atoms with Gasteiger partial charge in [-0.05, 0) is 17.7 Å². The van der Waals surface area contributed by atoms with E-state index in [0.29, 0.717) is 29.5 Å². The largest absolute Gasteiger partial charge is 0.493 e. The summed E-state index contributed by atoms with van der Waals surface area (Å²) in [6.07, 6.45) is 6.61. The summed E-state index contributed by atoms with van der Waals surface area (Å²) >= 11 is 0. The number of methoxy groups -OCH3 is 3. The van der Waals surface area contributed by atoms with Crippen molar-refractivity contribution in [1.82, 2.24) is 15.0 Å². The van der Waals surface area contributed by atoms with Gasteiger partial charge < -0.3 is 30.1 Å². The second-order valence-corrected chi connectivity index (χ2v) is 5.02. The fourth-order valence-electron chi connectivity index (χ4n) is 2.20. The van der Waals surface area contributed by atoms with Crippen LogP contribution in [0, 0.1) is 0 Å². The van der Waals surface area contributed by atoms with Gasteiger partial charge in [-0.2, -0.15) is 4.98 Å². The summed E-state index contributed by atoms with van der Waals surface area (Å²) in [4.78, 5) is 11.5. The van der Waals surface area contributed by atoms with Gasteiger partial charge in [0.25, 0.3) is 0 Å². The molecule has 26 heavy (non-hydrogen) atoms. The Morgan fingerprint density at radius 1 is 1.04 bits per heavy atom. The zero-order valence-corrected chi connectivity index (χ0v) is 14.8. The maximum Gasteiger partial charge on any atom is 0.221 e. The maximum absolute atomic E-state index is 5.85. The van der Waals surface area contributed by atoms with Gasteiger partial charge in [-0.1, -0.05) is 0 Å². The van der Waals surface area contributed by atoms with Gasteiger partial charge in [-0.15, -0.1) is 0 Å². The van der Waals surface area contributed by atoms with E-state index in [0.717, 1.165) is 11.1 Å². The Morgan fingerprint density at radius 2 is 1.73 bits per heavy atom. The van der Waals surface area contributed by atoms with Gasteiger partial charge in [0.2, 0.25) is 11.7 Å². The number of nitrogen functional groups attached to an aromatic ring is 2. The zero-order valence-electron chi connectivity index (χ0n) is 14.8. The fraction of sp³-hybridized carbons (Fsp3) is 0.235. The third-order valence-electron chi connectivity index (χ3n) is 3.38. The Morgan fingerprint density at radius 3 is 2.15 bits per heavy atom. The predicted octanol–water partition coefficient (Wildman–Crippen LogP) is 1.93. The Balaban J connectivity index is 0.000000417. The highest BCUT2D eigenvalue weighted by Gasteiger charge is 2.14. The summed E-state index contributed by atoms with van der Waals surface area (Å²) < 4.78 is 20.4. The molecule has 0 unspecified atom stereocenters. The normalized spacial score (nSPS) is 9.81. The SMILES string of the molecule is COc1cc(Cc2cnc(N)nc2N)cc(OC)c1OC.c1cocn1. The van der Waals surface area contributed by atoms with Crippen molar-refractivity contribution >= 4 is 11.8 Å². The molecule has 0 atom stereocenters. The Kier molecular flexibility index (Phi) is 6.60. The van der Waals surface area contributed by atoms with Crippen LogP contribution < -0.4 is 25.7 Å². The van der Waals surface area contributed by atoms with Crippen LogP contribution >= 0.6 is 0 Å². The minimum atomic E-state index is 0.154. The molecule has 4 N–H and O–H groups in total. The molecule has 0 amide bonds. The predicted molar refractivity (Wildman–Crippen MR) is 96.3 cm³/mol. The van der Waals surface area contributed by atoms with Gasteiger partial charge in [0.05, 0.1) is 27.5 Å². The number of oxazole rings is 1. The topological polar surface area (TPSA) is 132 Å². The molecule has 3 rings (SSSR count). The number of nitrogens with two attached hydrogens (primary N) is 2. The number of aromatic nitrogens is 3. The molecule has 0 bridgehead atoms. The Hall–Kier alpha value is -3.49. The number of benzene rings is 1. The van der Waals surface area contributed by atoms with Crippen molar-refractivity contribution < 1.29 is 18.6 Å². The lowest BCUT2D eigenvalue weighted by Crippen LogP contribution is -2.04. The molecular formula is C17H21N5O4. The molecule has 0 saturated carbocycles. The summed E-state index contributed by atoms with van der Waals surface area (Å²) in [5.41, 5.74) is 13.1. The molecule has 0 aliphatic heterocycles. The molecule has 3 aromatic rings. The standard InChI is InChI=1S/C14H18N4O3.C3H3NO/c1-19-10-5-8(6-11(20-2)12(10)21-3)4-9-7-17-14(16)18-13(9)15;1-2-5-3-4-1/h5-7H,4H2,1-3H3,(H4,15,16,17,18);1-3H. The molecule has 0 spiro atoms. The fourth-order valence-corrected chi connectivity index (χ4v) is 2.20. The minimum Gasteiger partial charge on any atom is -0.493 e. The Labute approximate surface area is 150 Å². The number of hydrogen-bond donors (Lipinski definition) is 2. The molecule has 9 nitrogen and oxygen atoms in total. The van der Waals surface area contributed by atoms with E-state index in [-0.39, 0.29) is 5.95 Å². The lowest BCUT2D eigenvalue weighted by atomic mass is 10.1. The van der Waals surface area contributed by atoms with Gasteiger partial charge in [-0.3, -0.25) is 0 Å². The molecule has 9 heteroatoms. The number of nitrogens with zero attached hydrogens (tertiary/aromatic N) is 3. The van der Waals surface area contributed by atoms with Crippen LogP contribution in [-0.2, 0) is 6.42 Å². The quantitative estimate of drug-likeness (QED) is 0.701. The average Bonchev–Trinajstić information content (AvgIpc) is 3.23. The van der Waals surface area contributed by atoms with E-state index >= 15 is 0 Å². The minimum absolute atomic E-state index is 0.154. The average molecular weight is 359 g/mol. The summed E-state index contributed by atoms with van der Waals surface area (Å²) in [6, 6.07) is 3.72. The molecule has 0 radical (unpaired) electrons. The lowest BCUT2D eigenvalue weighted by molar-refractivity contribution is 0.324. The smallest absolute Gasteiger partial charge is 0.221 e. The highest BCUT2D eigenvalue weighted by atomic mass is 16.5. The molecular weight excluding hydrogens is 338 g/mol. The monoisotopic (exact) mass is 359 g/mol. The van der Waals surface area contributed by atoms with Gasteiger partial charge in [0.15, 0.2) is 17.9 Å². The molecule has 138 valence electrons. The van der Waals surface area contributed by atoms with Crippen LogP contribution in [0.3, 0.4) is 0 Å². The molecule has 2 heterocycles. The van der Waals surface area contributed by atoms with Gasteiger partial charge in [-0.25, -0.2) is 9.97 Å². The molecule has 0 aliphatic rings. The number of hydrogen-bond acceptors (Lipinski definition) is 9.